The van der Waals surface area contributed by atoms with Gasteiger partial charge in [0.1, 0.15) is 11.4 Å². The molecule has 0 aliphatic heterocycles. The van der Waals surface area contributed by atoms with Crippen LogP contribution in [-0.4, -0.2) is 16.5 Å². The number of rotatable bonds is 2. The normalized spacial score (nSPS) is 11.0. The number of benzene rings is 1. The van der Waals surface area contributed by atoms with Crippen molar-refractivity contribution in [3.05, 3.63) is 52.3 Å². The number of nitrogens with zero attached hydrogens (tertiary/aromatic N) is 2. The van der Waals surface area contributed by atoms with Crippen LogP contribution in [0.4, 0.5) is 0 Å². The predicted octanol–water partition coefficient (Wildman–Crippen LogP) is 4.39. The van der Waals surface area contributed by atoms with Crippen LogP contribution in [0.25, 0.3) is 16.9 Å². The van der Waals surface area contributed by atoms with Gasteiger partial charge in [0.15, 0.2) is 0 Å². The lowest BCUT2D eigenvalue weighted by molar-refractivity contribution is 0.415. The van der Waals surface area contributed by atoms with E-state index in [9.17, 15) is 0 Å². The Morgan fingerprint density at radius 1 is 1.15 bits per heavy atom. The van der Waals surface area contributed by atoms with Gasteiger partial charge in [0.05, 0.1) is 12.8 Å². The van der Waals surface area contributed by atoms with Gasteiger partial charge in [0.2, 0.25) is 0 Å². The zero-order valence-electron chi connectivity index (χ0n) is 11.6. The molecule has 0 amide bonds. The average Bonchev–Trinajstić information content (AvgIpc) is 2.77. The molecule has 0 bridgehead atoms. The van der Waals surface area contributed by atoms with Crippen LogP contribution < -0.4 is 4.74 Å². The van der Waals surface area contributed by atoms with Crippen molar-refractivity contribution in [3.63, 3.8) is 0 Å². The molecule has 0 radical (unpaired) electrons. The number of aromatic nitrogens is 2. The van der Waals surface area contributed by atoms with Crippen molar-refractivity contribution in [2.45, 2.75) is 13.8 Å². The summed E-state index contributed by atoms with van der Waals surface area (Å²) in [5.74, 6) is 0.855. The molecule has 1 aromatic carbocycles. The number of halogens is 1. The van der Waals surface area contributed by atoms with Crippen LogP contribution in [0.5, 0.6) is 5.75 Å². The van der Waals surface area contributed by atoms with Gasteiger partial charge in [-0.25, -0.2) is 4.98 Å². The molecule has 0 saturated heterocycles. The number of fused-ring (bicyclic) bond motifs is 1. The summed E-state index contributed by atoms with van der Waals surface area (Å²) in [6.45, 7) is 4.16. The van der Waals surface area contributed by atoms with Crippen molar-refractivity contribution < 1.29 is 4.74 Å². The van der Waals surface area contributed by atoms with Gasteiger partial charge in [-0.3, -0.25) is 0 Å². The summed E-state index contributed by atoms with van der Waals surface area (Å²) in [6, 6.07) is 10.1. The summed E-state index contributed by atoms with van der Waals surface area (Å²) < 4.78 is 8.39. The van der Waals surface area contributed by atoms with E-state index in [1.807, 2.05) is 24.3 Å². The molecule has 2 heterocycles. The molecule has 2 aromatic heterocycles. The van der Waals surface area contributed by atoms with E-state index in [-0.39, 0.29) is 0 Å². The van der Waals surface area contributed by atoms with Gasteiger partial charge in [0.25, 0.3) is 0 Å². The summed E-state index contributed by atoms with van der Waals surface area (Å²) in [4.78, 5) is 4.74. The molecule has 0 aliphatic rings. The summed E-state index contributed by atoms with van der Waals surface area (Å²) in [6.07, 6.45) is 2.07. The minimum absolute atomic E-state index is 0.855. The second-order valence-electron chi connectivity index (χ2n) is 4.81. The number of hydrogen-bond acceptors (Lipinski definition) is 2. The van der Waals surface area contributed by atoms with Gasteiger partial charge in [-0.1, -0.05) is 0 Å². The summed E-state index contributed by atoms with van der Waals surface area (Å²) >= 11 is 3.57. The van der Waals surface area contributed by atoms with E-state index in [0.29, 0.717) is 0 Å². The van der Waals surface area contributed by atoms with E-state index >= 15 is 0 Å². The highest BCUT2D eigenvalue weighted by Gasteiger charge is 2.11. The Morgan fingerprint density at radius 2 is 1.85 bits per heavy atom. The maximum atomic E-state index is 5.19. The van der Waals surface area contributed by atoms with Gasteiger partial charge in [0, 0.05) is 21.9 Å². The van der Waals surface area contributed by atoms with Gasteiger partial charge in [-0.05, 0) is 65.7 Å². The molecular weight excluding hydrogens is 316 g/mol. The first-order valence-corrected chi connectivity index (χ1v) is 7.18. The second-order valence-corrected chi connectivity index (χ2v) is 5.66. The smallest absolute Gasteiger partial charge is 0.137 e. The van der Waals surface area contributed by atoms with E-state index in [4.69, 9.17) is 9.72 Å². The maximum absolute atomic E-state index is 5.19. The molecule has 0 spiro atoms. The highest BCUT2D eigenvalue weighted by molar-refractivity contribution is 9.10. The third-order valence-electron chi connectivity index (χ3n) is 3.51. The van der Waals surface area contributed by atoms with Crippen LogP contribution in [0.15, 0.2) is 41.0 Å². The molecule has 3 nitrogen and oxygen atoms in total. The van der Waals surface area contributed by atoms with Crippen LogP contribution in [0.2, 0.25) is 0 Å². The lowest BCUT2D eigenvalue weighted by Gasteiger charge is -2.03. The molecule has 4 heteroatoms. The molecule has 0 saturated carbocycles. The summed E-state index contributed by atoms with van der Waals surface area (Å²) in [5, 5.41) is 0. The Morgan fingerprint density at radius 3 is 2.50 bits per heavy atom. The zero-order valence-corrected chi connectivity index (χ0v) is 13.2. The average molecular weight is 331 g/mol. The lowest BCUT2D eigenvalue weighted by Crippen LogP contribution is -1.89. The number of aryl methyl sites for hydroxylation is 2. The van der Waals surface area contributed by atoms with E-state index in [1.54, 1.807) is 7.11 Å². The number of hydrogen-bond donors (Lipinski definition) is 0. The SMILES string of the molecule is COc1ccc(-c2nc3cc(C)c(Br)cn3c2C)cc1. The van der Waals surface area contributed by atoms with Gasteiger partial charge in [-0.15, -0.1) is 0 Å². The zero-order chi connectivity index (χ0) is 14.3. The fourth-order valence-corrected chi connectivity index (χ4v) is 2.62. The van der Waals surface area contributed by atoms with Crippen molar-refractivity contribution in [1.82, 2.24) is 9.38 Å². The largest absolute Gasteiger partial charge is 0.497 e. The summed E-state index contributed by atoms with van der Waals surface area (Å²) in [5.41, 5.74) is 5.38. The van der Waals surface area contributed by atoms with Crippen molar-refractivity contribution in [2.24, 2.45) is 0 Å². The monoisotopic (exact) mass is 330 g/mol. The van der Waals surface area contributed by atoms with Crippen LogP contribution >= 0.6 is 15.9 Å². The second kappa shape index (κ2) is 4.94. The molecule has 0 unspecified atom stereocenters. The summed E-state index contributed by atoms with van der Waals surface area (Å²) in [7, 11) is 1.67. The number of ether oxygens (including phenoxy) is 1. The van der Waals surface area contributed by atoms with Gasteiger partial charge < -0.3 is 9.14 Å². The fraction of sp³-hybridized carbons (Fsp3) is 0.188. The Labute approximate surface area is 126 Å². The first-order chi connectivity index (χ1) is 9.60. The number of pyridine rings is 1. The third kappa shape index (κ3) is 2.10. The van der Waals surface area contributed by atoms with Crippen molar-refractivity contribution >= 4 is 21.6 Å². The fourth-order valence-electron chi connectivity index (χ4n) is 2.30. The Balaban J connectivity index is 2.18. The highest BCUT2D eigenvalue weighted by Crippen LogP contribution is 2.27. The van der Waals surface area contributed by atoms with E-state index < -0.39 is 0 Å². The van der Waals surface area contributed by atoms with Crippen molar-refractivity contribution in [1.29, 1.82) is 0 Å². The molecule has 0 atom stereocenters. The standard InChI is InChI=1S/C16H15BrN2O/c1-10-8-15-18-16(11(2)19(15)9-14(10)17)12-4-6-13(20-3)7-5-12/h4-9H,1-3H3. The molecule has 0 fully saturated rings. The van der Waals surface area contributed by atoms with E-state index in [1.165, 1.54) is 5.56 Å². The molecule has 0 N–H and O–H groups in total. The van der Waals surface area contributed by atoms with Crippen LogP contribution in [0.3, 0.4) is 0 Å². The molecule has 3 aromatic rings. The number of imidazole rings is 1. The minimum Gasteiger partial charge on any atom is -0.497 e. The van der Waals surface area contributed by atoms with Gasteiger partial charge in [-0.2, -0.15) is 0 Å². The van der Waals surface area contributed by atoms with Crippen molar-refractivity contribution in [2.75, 3.05) is 7.11 Å². The molecule has 3 rings (SSSR count). The van der Waals surface area contributed by atoms with Crippen LogP contribution in [-0.2, 0) is 0 Å². The molecule has 20 heavy (non-hydrogen) atoms. The van der Waals surface area contributed by atoms with E-state index in [0.717, 1.165) is 32.8 Å². The maximum Gasteiger partial charge on any atom is 0.137 e. The van der Waals surface area contributed by atoms with Crippen LogP contribution in [0, 0.1) is 13.8 Å². The predicted molar refractivity (Wildman–Crippen MR) is 84.4 cm³/mol. The highest BCUT2D eigenvalue weighted by atomic mass is 79.9. The molecule has 0 aliphatic carbocycles. The quantitative estimate of drug-likeness (QED) is 0.696. The van der Waals surface area contributed by atoms with Crippen LogP contribution in [0.1, 0.15) is 11.3 Å². The topological polar surface area (TPSA) is 26.5 Å². The molecular formula is C16H15BrN2O. The van der Waals surface area contributed by atoms with Crippen molar-refractivity contribution in [3.8, 4) is 17.0 Å². The first kappa shape index (κ1) is 13.2. The number of methoxy groups -OCH3 is 1. The Hall–Kier alpha value is -1.81. The third-order valence-corrected chi connectivity index (χ3v) is 4.34. The lowest BCUT2D eigenvalue weighted by atomic mass is 10.1. The first-order valence-electron chi connectivity index (χ1n) is 6.39. The minimum atomic E-state index is 0.855. The Kier molecular flexibility index (Phi) is 3.26. The van der Waals surface area contributed by atoms with Gasteiger partial charge >= 0.3 is 0 Å². The molecule has 102 valence electrons. The van der Waals surface area contributed by atoms with E-state index in [2.05, 4.69) is 46.4 Å². The Bertz CT molecular complexity index is 775.